The van der Waals surface area contributed by atoms with Crippen molar-refractivity contribution in [1.29, 1.82) is 0 Å². The highest BCUT2D eigenvalue weighted by molar-refractivity contribution is 7.16. The Morgan fingerprint density at radius 2 is 1.93 bits per heavy atom. The van der Waals surface area contributed by atoms with Crippen LogP contribution >= 0.6 is 11.3 Å². The van der Waals surface area contributed by atoms with Crippen LogP contribution in [0.2, 0.25) is 0 Å². The number of nitrogens with one attached hydrogen (secondary N) is 1. The molecule has 2 aromatic heterocycles. The number of hydrogen-bond donors (Lipinski definition) is 2. The van der Waals surface area contributed by atoms with Crippen molar-refractivity contribution in [3.8, 4) is 22.4 Å². The predicted octanol–water partition coefficient (Wildman–Crippen LogP) is 4.67. The first-order valence-electron chi connectivity index (χ1n) is 8.70. The fourth-order valence-electron chi connectivity index (χ4n) is 2.27. The number of carbonyl (C=O) groups is 1. The maximum atomic E-state index is 13.1. The second-order valence-electron chi connectivity index (χ2n) is 7.02. The molecule has 6 nitrogen and oxygen atoms in total. The van der Waals surface area contributed by atoms with Gasteiger partial charge in [0.15, 0.2) is 5.82 Å². The van der Waals surface area contributed by atoms with Gasteiger partial charge in [-0.05, 0) is 63.1 Å². The summed E-state index contributed by atoms with van der Waals surface area (Å²) in [6, 6.07) is 9.35. The van der Waals surface area contributed by atoms with Crippen molar-refractivity contribution in [2.24, 2.45) is 0 Å². The van der Waals surface area contributed by atoms with Gasteiger partial charge in [-0.1, -0.05) is 5.92 Å². The van der Waals surface area contributed by atoms with Crippen LogP contribution in [0.1, 0.15) is 31.2 Å². The van der Waals surface area contributed by atoms with Crippen molar-refractivity contribution in [3.05, 3.63) is 58.9 Å². The van der Waals surface area contributed by atoms with E-state index in [1.54, 1.807) is 51.2 Å². The Hall–Kier alpha value is -3.44. The van der Waals surface area contributed by atoms with Crippen LogP contribution in [0, 0.1) is 17.7 Å². The van der Waals surface area contributed by atoms with Gasteiger partial charge in [0, 0.05) is 11.8 Å². The molecule has 1 amide bonds. The second-order valence-corrected chi connectivity index (χ2v) is 8.02. The monoisotopic (exact) mass is 410 g/mol. The molecule has 0 fully saturated rings. The smallest absolute Gasteiger partial charge is 0.413 e. The van der Waals surface area contributed by atoms with E-state index in [4.69, 9.17) is 10.5 Å². The predicted molar refractivity (Wildman–Crippen MR) is 112 cm³/mol. The first-order chi connectivity index (χ1) is 13.7. The standard InChI is InChI=1S/C21H19FN4O2S/c1-21(2,3)28-20(27)26-18-16(11-8-13-6-9-14(22)10-7-13)29-19(25-18)15-5-4-12-24-17(15)23/h4-7,9-10,12H,1-3H3,(H2,23,24)(H,26,27). The highest BCUT2D eigenvalue weighted by Gasteiger charge is 2.20. The van der Waals surface area contributed by atoms with E-state index in [0.717, 1.165) is 0 Å². The quantitative estimate of drug-likeness (QED) is 0.599. The van der Waals surface area contributed by atoms with Crippen LogP contribution in [0.3, 0.4) is 0 Å². The maximum absolute atomic E-state index is 13.1. The minimum atomic E-state index is -0.656. The van der Waals surface area contributed by atoms with Crippen molar-refractivity contribution in [1.82, 2.24) is 9.97 Å². The van der Waals surface area contributed by atoms with Crippen molar-refractivity contribution in [3.63, 3.8) is 0 Å². The van der Waals surface area contributed by atoms with Crippen LogP contribution < -0.4 is 11.1 Å². The molecule has 3 aromatic rings. The van der Waals surface area contributed by atoms with Crippen LogP contribution in [-0.4, -0.2) is 21.7 Å². The second kappa shape index (κ2) is 8.29. The zero-order valence-corrected chi connectivity index (χ0v) is 16.9. The molecule has 2 heterocycles. The first-order valence-corrected chi connectivity index (χ1v) is 9.52. The minimum absolute atomic E-state index is 0.261. The molecule has 3 rings (SSSR count). The van der Waals surface area contributed by atoms with E-state index in [1.165, 1.54) is 23.5 Å². The molecular weight excluding hydrogens is 391 g/mol. The summed E-state index contributed by atoms with van der Waals surface area (Å²) in [5, 5.41) is 3.20. The lowest BCUT2D eigenvalue weighted by Gasteiger charge is -2.19. The highest BCUT2D eigenvalue weighted by Crippen LogP contribution is 2.33. The summed E-state index contributed by atoms with van der Waals surface area (Å²) in [6.45, 7) is 5.31. The van der Waals surface area contributed by atoms with Crippen molar-refractivity contribution >= 4 is 29.1 Å². The summed E-state index contributed by atoms with van der Waals surface area (Å²) >= 11 is 1.26. The first kappa shape index (κ1) is 20.3. The van der Waals surface area contributed by atoms with E-state index in [2.05, 4.69) is 27.1 Å². The maximum Gasteiger partial charge on any atom is 0.413 e. The molecule has 0 radical (unpaired) electrons. The molecule has 1 aromatic carbocycles. The fourth-order valence-corrected chi connectivity index (χ4v) is 3.17. The Morgan fingerprint density at radius 3 is 2.59 bits per heavy atom. The molecule has 0 spiro atoms. The Kier molecular flexibility index (Phi) is 5.80. The number of nitrogen functional groups attached to an aromatic ring is 1. The topological polar surface area (TPSA) is 90.1 Å². The van der Waals surface area contributed by atoms with Crippen LogP contribution in [0.4, 0.5) is 20.8 Å². The number of thiazole rings is 1. The number of benzene rings is 1. The molecule has 0 aliphatic carbocycles. The van der Waals surface area contributed by atoms with E-state index in [9.17, 15) is 9.18 Å². The molecule has 148 valence electrons. The average molecular weight is 410 g/mol. The lowest BCUT2D eigenvalue weighted by atomic mass is 10.2. The van der Waals surface area contributed by atoms with E-state index in [-0.39, 0.29) is 11.6 Å². The lowest BCUT2D eigenvalue weighted by molar-refractivity contribution is 0.0635. The largest absolute Gasteiger partial charge is 0.444 e. The molecule has 0 aliphatic rings. The molecule has 8 heteroatoms. The number of ether oxygens (including phenoxy) is 1. The van der Waals surface area contributed by atoms with Gasteiger partial charge in [-0.2, -0.15) is 0 Å². The molecule has 0 unspecified atom stereocenters. The van der Waals surface area contributed by atoms with Crippen molar-refractivity contribution in [2.45, 2.75) is 26.4 Å². The van der Waals surface area contributed by atoms with Gasteiger partial charge < -0.3 is 10.5 Å². The molecule has 3 N–H and O–H groups in total. The number of aromatic nitrogens is 2. The number of nitrogens with two attached hydrogens (primary N) is 1. The van der Waals surface area contributed by atoms with E-state index in [0.29, 0.717) is 26.8 Å². The third-order valence-corrected chi connectivity index (χ3v) is 4.48. The Morgan fingerprint density at radius 1 is 1.21 bits per heavy atom. The molecule has 0 saturated carbocycles. The third-order valence-electron chi connectivity index (χ3n) is 3.48. The molecule has 0 atom stereocenters. The van der Waals surface area contributed by atoms with Gasteiger partial charge in [0.1, 0.15) is 27.1 Å². The van der Waals surface area contributed by atoms with E-state index in [1.807, 2.05) is 0 Å². The number of halogens is 1. The average Bonchev–Trinajstić information content (AvgIpc) is 3.02. The summed E-state index contributed by atoms with van der Waals surface area (Å²) < 4.78 is 18.4. The highest BCUT2D eigenvalue weighted by atomic mass is 32.1. The van der Waals surface area contributed by atoms with Gasteiger partial charge in [0.2, 0.25) is 0 Å². The lowest BCUT2D eigenvalue weighted by Crippen LogP contribution is -2.27. The molecule has 0 bridgehead atoms. The SMILES string of the molecule is CC(C)(C)OC(=O)Nc1nc(-c2cccnc2N)sc1C#Cc1ccc(F)cc1. The minimum Gasteiger partial charge on any atom is -0.444 e. The zero-order chi connectivity index (χ0) is 21.0. The number of nitrogens with zero attached hydrogens (tertiary/aromatic N) is 2. The summed E-state index contributed by atoms with van der Waals surface area (Å²) in [4.78, 5) is 21.2. The zero-order valence-electron chi connectivity index (χ0n) is 16.1. The normalized spacial score (nSPS) is 10.8. The molecule has 0 saturated heterocycles. The van der Waals surface area contributed by atoms with Gasteiger partial charge in [0.25, 0.3) is 0 Å². The van der Waals surface area contributed by atoms with Crippen molar-refractivity contribution < 1.29 is 13.9 Å². The summed E-state index contributed by atoms with van der Waals surface area (Å²) in [5.41, 5.74) is 6.56. The Balaban J connectivity index is 1.97. The number of rotatable bonds is 2. The van der Waals surface area contributed by atoms with Gasteiger partial charge in [-0.25, -0.2) is 19.2 Å². The Labute approximate surface area is 172 Å². The van der Waals surface area contributed by atoms with Crippen LogP contribution in [0.5, 0.6) is 0 Å². The Bertz CT molecular complexity index is 1090. The number of pyridine rings is 1. The van der Waals surface area contributed by atoms with E-state index < -0.39 is 11.7 Å². The van der Waals surface area contributed by atoms with Gasteiger partial charge in [0.05, 0.1) is 5.56 Å². The number of anilines is 2. The molecule has 29 heavy (non-hydrogen) atoms. The summed E-state index contributed by atoms with van der Waals surface area (Å²) in [7, 11) is 0. The summed E-state index contributed by atoms with van der Waals surface area (Å²) in [6.07, 6.45) is 0.944. The van der Waals surface area contributed by atoms with Crippen LogP contribution in [0.15, 0.2) is 42.6 Å². The molecule has 0 aliphatic heterocycles. The van der Waals surface area contributed by atoms with Crippen LogP contribution in [-0.2, 0) is 4.74 Å². The van der Waals surface area contributed by atoms with Gasteiger partial charge in [-0.15, -0.1) is 11.3 Å². The fraction of sp³-hybridized carbons (Fsp3) is 0.190. The number of carbonyl (C=O) groups excluding carboxylic acids is 1. The number of hydrogen-bond acceptors (Lipinski definition) is 6. The van der Waals surface area contributed by atoms with E-state index >= 15 is 0 Å². The number of amides is 1. The van der Waals surface area contributed by atoms with Crippen LogP contribution in [0.25, 0.3) is 10.6 Å². The molecular formula is C21H19FN4O2S. The van der Waals surface area contributed by atoms with Gasteiger partial charge in [-0.3, -0.25) is 5.32 Å². The third kappa shape index (κ3) is 5.53. The summed E-state index contributed by atoms with van der Waals surface area (Å²) in [5.74, 6) is 6.17. The van der Waals surface area contributed by atoms with Gasteiger partial charge >= 0.3 is 6.09 Å². The van der Waals surface area contributed by atoms with Crippen molar-refractivity contribution in [2.75, 3.05) is 11.1 Å².